The minimum absolute atomic E-state index is 0.137. The Morgan fingerprint density at radius 1 is 0.871 bits per heavy atom. The van der Waals surface area contributed by atoms with Crippen LogP contribution in [-0.4, -0.2) is 51.5 Å². The van der Waals surface area contributed by atoms with Gasteiger partial charge in [-0.25, -0.2) is 8.78 Å². The third kappa shape index (κ3) is 11.5. The molecule has 0 fully saturated rings. The SMILES string of the molecule is O=S(=O)(Cc1ccccc1)OC(C(F)F)C(F)(F)F.O=S(=O)(O)C(F)(F)CC(F)(F)F. The maximum atomic E-state index is 12.2. The highest BCUT2D eigenvalue weighted by atomic mass is 32.2. The van der Waals surface area contributed by atoms with E-state index in [1.54, 1.807) is 6.07 Å². The molecule has 0 bridgehead atoms. The first-order valence-electron chi connectivity index (χ1n) is 7.29. The lowest BCUT2D eigenvalue weighted by Gasteiger charge is -2.19. The first-order chi connectivity index (χ1) is 13.6. The summed E-state index contributed by atoms with van der Waals surface area (Å²) in [7, 11) is -10.8. The van der Waals surface area contributed by atoms with Crippen molar-refractivity contribution in [3.8, 4) is 0 Å². The lowest BCUT2D eigenvalue weighted by Crippen LogP contribution is -2.39. The molecule has 6 nitrogen and oxygen atoms in total. The van der Waals surface area contributed by atoms with Crippen molar-refractivity contribution in [2.75, 3.05) is 0 Å². The van der Waals surface area contributed by atoms with Crippen LogP contribution >= 0.6 is 0 Å². The fourth-order valence-electron chi connectivity index (χ4n) is 1.53. The molecule has 1 rings (SSSR count). The Hall–Kier alpha value is -1.66. The smallest absolute Gasteiger partial charge is 0.281 e. The number of hydrogen-bond donors (Lipinski definition) is 1. The van der Waals surface area contributed by atoms with Gasteiger partial charge in [0, 0.05) is 0 Å². The molecule has 0 aromatic heterocycles. The lowest BCUT2D eigenvalue weighted by atomic mass is 10.2. The lowest BCUT2D eigenvalue weighted by molar-refractivity contribution is -0.226. The Kier molecular flexibility index (Phi) is 9.75. The number of alkyl halides is 10. The van der Waals surface area contributed by atoms with Crippen molar-refractivity contribution in [3.63, 3.8) is 0 Å². The van der Waals surface area contributed by atoms with Crippen LogP contribution in [0.5, 0.6) is 0 Å². The zero-order valence-electron chi connectivity index (χ0n) is 14.5. The third-order valence-electron chi connectivity index (χ3n) is 2.77. The molecule has 0 spiro atoms. The predicted molar refractivity (Wildman–Crippen MR) is 83.2 cm³/mol. The van der Waals surface area contributed by atoms with E-state index in [1.165, 1.54) is 24.3 Å². The molecule has 31 heavy (non-hydrogen) atoms. The van der Waals surface area contributed by atoms with E-state index in [4.69, 9.17) is 4.55 Å². The van der Waals surface area contributed by atoms with Crippen LogP contribution in [0.4, 0.5) is 43.9 Å². The van der Waals surface area contributed by atoms with Crippen LogP contribution in [0.2, 0.25) is 0 Å². The summed E-state index contributed by atoms with van der Waals surface area (Å²) in [6.45, 7) is 0. The van der Waals surface area contributed by atoms with E-state index in [0.717, 1.165) is 0 Å². The molecule has 0 aliphatic heterocycles. The quantitative estimate of drug-likeness (QED) is 0.331. The molecule has 1 aromatic rings. The second kappa shape index (κ2) is 10.3. The average Bonchev–Trinajstić information content (AvgIpc) is 2.49. The van der Waals surface area contributed by atoms with Crippen LogP contribution in [0, 0.1) is 0 Å². The summed E-state index contributed by atoms with van der Waals surface area (Å²) in [5.74, 6) is -0.910. The van der Waals surface area contributed by atoms with Crippen molar-refractivity contribution in [2.45, 2.75) is 42.3 Å². The summed E-state index contributed by atoms with van der Waals surface area (Å²) in [5.41, 5.74) is 0.137. The van der Waals surface area contributed by atoms with E-state index in [1.807, 2.05) is 0 Å². The van der Waals surface area contributed by atoms with Gasteiger partial charge in [0.2, 0.25) is 6.10 Å². The predicted octanol–water partition coefficient (Wildman–Crippen LogP) is 4.15. The van der Waals surface area contributed by atoms with Gasteiger partial charge in [-0.15, -0.1) is 0 Å². The van der Waals surface area contributed by atoms with Crippen LogP contribution in [0.1, 0.15) is 12.0 Å². The summed E-state index contributed by atoms with van der Waals surface area (Å²) >= 11 is 0. The third-order valence-corrected chi connectivity index (χ3v) is 4.86. The maximum Gasteiger partial charge on any atom is 0.421 e. The summed E-state index contributed by atoms with van der Waals surface area (Å²) in [6.07, 6.45) is -21.3. The van der Waals surface area contributed by atoms with Crippen molar-refractivity contribution in [1.29, 1.82) is 0 Å². The topological polar surface area (TPSA) is 97.7 Å². The van der Waals surface area contributed by atoms with Gasteiger partial charge in [0.1, 0.15) is 12.2 Å². The molecule has 0 amide bonds. The molecule has 1 aromatic carbocycles. The molecule has 1 N–H and O–H groups in total. The van der Waals surface area contributed by atoms with Gasteiger partial charge in [0.05, 0.1) is 0 Å². The monoisotopic (exact) mass is 518 g/mol. The Balaban J connectivity index is 0.000000649. The van der Waals surface area contributed by atoms with E-state index in [9.17, 15) is 60.7 Å². The zero-order chi connectivity index (χ0) is 24.9. The van der Waals surface area contributed by atoms with Gasteiger partial charge in [-0.1, -0.05) is 30.3 Å². The standard InChI is InChI=1S/C10H9F5O3S.C3H3F5O3S/c11-9(12)8(10(13,14)15)18-19(16,17)6-7-4-2-1-3-5-7;4-2(5,6)1-3(7,8)12(9,10)11/h1-5,8-9H,6H2;1H2,(H,9,10,11). The van der Waals surface area contributed by atoms with Crippen molar-refractivity contribution >= 4 is 20.2 Å². The van der Waals surface area contributed by atoms with Crippen molar-refractivity contribution < 1.29 is 69.5 Å². The second-order valence-corrected chi connectivity index (χ2v) is 8.63. The van der Waals surface area contributed by atoms with Crippen LogP contribution in [0.25, 0.3) is 0 Å². The minimum Gasteiger partial charge on any atom is -0.281 e. The molecular formula is C13H12F10O6S2. The number of rotatable bonds is 7. The highest BCUT2D eigenvalue weighted by molar-refractivity contribution is 7.86. The zero-order valence-corrected chi connectivity index (χ0v) is 16.2. The van der Waals surface area contributed by atoms with Crippen molar-refractivity contribution in [1.82, 2.24) is 0 Å². The normalized spacial score (nSPS) is 14.7. The van der Waals surface area contributed by atoms with Crippen LogP contribution in [0.15, 0.2) is 30.3 Å². The van der Waals surface area contributed by atoms with Crippen LogP contribution < -0.4 is 0 Å². The van der Waals surface area contributed by atoms with Crippen LogP contribution in [-0.2, 0) is 30.2 Å². The van der Waals surface area contributed by atoms with Gasteiger partial charge in [0.25, 0.3) is 16.5 Å². The fourth-order valence-corrected chi connectivity index (χ4v) is 3.06. The van der Waals surface area contributed by atoms with Gasteiger partial charge >= 0.3 is 27.7 Å². The second-order valence-electron chi connectivity index (χ2n) is 5.48. The van der Waals surface area contributed by atoms with E-state index in [0.29, 0.717) is 0 Å². The van der Waals surface area contributed by atoms with Gasteiger partial charge in [-0.2, -0.15) is 52.0 Å². The first kappa shape index (κ1) is 29.3. The van der Waals surface area contributed by atoms with Gasteiger partial charge < -0.3 is 0 Å². The summed E-state index contributed by atoms with van der Waals surface area (Å²) < 4.78 is 171. The van der Waals surface area contributed by atoms with Crippen molar-refractivity contribution in [3.05, 3.63) is 35.9 Å². The Morgan fingerprint density at radius 2 is 1.32 bits per heavy atom. The summed E-state index contributed by atoms with van der Waals surface area (Å²) in [4.78, 5) is 0. The Morgan fingerprint density at radius 3 is 1.61 bits per heavy atom. The fraction of sp³-hybridized carbons (Fsp3) is 0.538. The van der Waals surface area contributed by atoms with Gasteiger partial charge in [-0.05, 0) is 5.56 Å². The molecule has 1 unspecified atom stereocenters. The molecular weight excluding hydrogens is 506 g/mol. The molecule has 1 atom stereocenters. The highest BCUT2D eigenvalue weighted by Crippen LogP contribution is 2.34. The summed E-state index contributed by atoms with van der Waals surface area (Å²) in [5, 5.41) is -5.18. The van der Waals surface area contributed by atoms with E-state index < -0.39 is 62.5 Å². The minimum atomic E-state index is -5.99. The van der Waals surface area contributed by atoms with E-state index in [-0.39, 0.29) is 5.56 Å². The molecule has 0 aliphatic rings. The van der Waals surface area contributed by atoms with Crippen molar-refractivity contribution in [2.24, 2.45) is 0 Å². The number of benzene rings is 1. The van der Waals surface area contributed by atoms with E-state index in [2.05, 4.69) is 4.18 Å². The molecule has 0 saturated carbocycles. The number of halogens is 10. The molecule has 0 heterocycles. The Labute approximate surface area is 168 Å². The van der Waals surface area contributed by atoms with E-state index >= 15 is 0 Å². The van der Waals surface area contributed by atoms with Crippen LogP contribution in [0.3, 0.4) is 0 Å². The largest absolute Gasteiger partial charge is 0.421 e. The number of hydrogen-bond acceptors (Lipinski definition) is 5. The maximum absolute atomic E-state index is 12.2. The molecule has 0 radical (unpaired) electrons. The highest BCUT2D eigenvalue weighted by Gasteiger charge is 2.53. The molecule has 0 saturated heterocycles. The molecule has 18 heteroatoms. The Bertz CT molecular complexity index is 895. The summed E-state index contributed by atoms with van der Waals surface area (Å²) in [6, 6.07) is 7.13. The van der Waals surface area contributed by atoms with Gasteiger partial charge in [0.15, 0.2) is 0 Å². The molecule has 0 aliphatic carbocycles. The van der Waals surface area contributed by atoms with Gasteiger partial charge in [-0.3, -0.25) is 8.74 Å². The average molecular weight is 518 g/mol. The molecule has 182 valence electrons. The first-order valence-corrected chi connectivity index (χ1v) is 10.3.